The second kappa shape index (κ2) is 8.54. The van der Waals surface area contributed by atoms with Crippen molar-refractivity contribution in [2.45, 2.75) is 58.1 Å². The first kappa shape index (κ1) is 20.0. The molecular weight excluding hydrogens is 360 g/mol. The Kier molecular flexibility index (Phi) is 6.11. The van der Waals surface area contributed by atoms with Gasteiger partial charge in [-0.25, -0.2) is 0 Å². The molecule has 3 amide bonds. The van der Waals surface area contributed by atoms with E-state index in [4.69, 9.17) is 4.74 Å². The van der Waals surface area contributed by atoms with Gasteiger partial charge in [-0.05, 0) is 37.3 Å². The molecule has 7 nitrogen and oxygen atoms in total. The van der Waals surface area contributed by atoms with E-state index < -0.39 is 30.4 Å². The summed E-state index contributed by atoms with van der Waals surface area (Å²) in [5.74, 6) is -1.70. The number of ether oxygens (including phenoxy) is 1. The minimum absolute atomic E-state index is 0.0603. The molecule has 150 valence electrons. The van der Waals surface area contributed by atoms with Crippen LogP contribution in [0.25, 0.3) is 0 Å². The molecule has 1 saturated carbocycles. The van der Waals surface area contributed by atoms with Gasteiger partial charge < -0.3 is 10.1 Å². The van der Waals surface area contributed by atoms with Crippen LogP contribution in [0.2, 0.25) is 0 Å². The molecule has 1 N–H and O–H groups in total. The van der Waals surface area contributed by atoms with E-state index in [0.29, 0.717) is 17.0 Å². The van der Waals surface area contributed by atoms with Gasteiger partial charge >= 0.3 is 5.97 Å². The van der Waals surface area contributed by atoms with Crippen molar-refractivity contribution in [2.75, 3.05) is 6.54 Å². The number of esters is 1. The van der Waals surface area contributed by atoms with Gasteiger partial charge in [0, 0.05) is 11.6 Å². The number of nitrogens with zero attached hydrogens (tertiary/aromatic N) is 1. The lowest BCUT2D eigenvalue weighted by Gasteiger charge is -2.30. The number of nitrogens with one attached hydrogen (secondary N) is 1. The maximum absolute atomic E-state index is 12.5. The zero-order chi connectivity index (χ0) is 20.3. The van der Waals surface area contributed by atoms with E-state index in [1.807, 2.05) is 0 Å². The van der Waals surface area contributed by atoms with Gasteiger partial charge in [0.2, 0.25) is 5.91 Å². The molecule has 7 heteroatoms. The van der Waals surface area contributed by atoms with Crippen molar-refractivity contribution in [3.8, 4) is 0 Å². The Morgan fingerprint density at radius 1 is 1.21 bits per heavy atom. The predicted molar refractivity (Wildman–Crippen MR) is 101 cm³/mol. The number of benzene rings is 1. The largest absolute Gasteiger partial charge is 0.451 e. The van der Waals surface area contributed by atoms with Gasteiger partial charge in [0.25, 0.3) is 11.8 Å². The second-order valence-electron chi connectivity index (χ2n) is 7.63. The topological polar surface area (TPSA) is 92.8 Å². The van der Waals surface area contributed by atoms with Gasteiger partial charge in [-0.1, -0.05) is 38.0 Å². The minimum Gasteiger partial charge on any atom is -0.451 e. The zero-order valence-corrected chi connectivity index (χ0v) is 16.3. The van der Waals surface area contributed by atoms with Crippen LogP contribution in [0.3, 0.4) is 0 Å². The van der Waals surface area contributed by atoms with E-state index in [0.717, 1.165) is 24.2 Å². The van der Waals surface area contributed by atoms with Crippen molar-refractivity contribution < 1.29 is 23.9 Å². The molecule has 3 rings (SSSR count). The Morgan fingerprint density at radius 2 is 1.93 bits per heavy atom. The van der Waals surface area contributed by atoms with Gasteiger partial charge in [0.05, 0.1) is 6.42 Å². The lowest BCUT2D eigenvalue weighted by molar-refractivity contribution is -0.157. The SMILES string of the molecule is C[C@@H](OC(=O)CN1C(=O)Cc2ccccc2C1=O)C(=O)N[C@@H]1CCCC[C@@H]1C. The van der Waals surface area contributed by atoms with Crippen LogP contribution < -0.4 is 5.32 Å². The summed E-state index contributed by atoms with van der Waals surface area (Å²) in [6, 6.07) is 6.91. The Hall–Kier alpha value is -2.70. The van der Waals surface area contributed by atoms with Crippen molar-refractivity contribution in [3.05, 3.63) is 35.4 Å². The number of amides is 3. The molecule has 1 aromatic carbocycles. The molecule has 3 atom stereocenters. The van der Waals surface area contributed by atoms with E-state index >= 15 is 0 Å². The molecule has 0 spiro atoms. The average Bonchev–Trinajstić information content (AvgIpc) is 2.67. The third kappa shape index (κ3) is 4.40. The molecule has 28 heavy (non-hydrogen) atoms. The first-order valence-corrected chi connectivity index (χ1v) is 9.79. The summed E-state index contributed by atoms with van der Waals surface area (Å²) in [4.78, 5) is 50.2. The van der Waals surface area contributed by atoms with Crippen molar-refractivity contribution >= 4 is 23.7 Å². The van der Waals surface area contributed by atoms with Crippen LogP contribution in [0.5, 0.6) is 0 Å². The molecule has 0 unspecified atom stereocenters. The zero-order valence-electron chi connectivity index (χ0n) is 16.3. The van der Waals surface area contributed by atoms with Gasteiger partial charge in [-0.3, -0.25) is 24.1 Å². The monoisotopic (exact) mass is 386 g/mol. The van der Waals surface area contributed by atoms with Gasteiger partial charge in [-0.15, -0.1) is 0 Å². The summed E-state index contributed by atoms with van der Waals surface area (Å²) in [7, 11) is 0. The molecule has 0 aromatic heterocycles. The molecule has 0 radical (unpaired) electrons. The third-order valence-electron chi connectivity index (χ3n) is 5.54. The molecule has 1 aliphatic heterocycles. The van der Waals surface area contributed by atoms with Gasteiger partial charge in [-0.2, -0.15) is 0 Å². The van der Waals surface area contributed by atoms with E-state index in [9.17, 15) is 19.2 Å². The van der Waals surface area contributed by atoms with Gasteiger partial charge in [0.1, 0.15) is 6.54 Å². The molecule has 1 aliphatic carbocycles. The summed E-state index contributed by atoms with van der Waals surface area (Å²) in [6.07, 6.45) is 3.31. The van der Waals surface area contributed by atoms with Crippen LogP contribution in [-0.4, -0.2) is 47.3 Å². The summed E-state index contributed by atoms with van der Waals surface area (Å²) in [6.45, 7) is 3.10. The molecule has 1 fully saturated rings. The summed E-state index contributed by atoms with van der Waals surface area (Å²) < 4.78 is 5.18. The smallest absolute Gasteiger partial charge is 0.326 e. The fourth-order valence-electron chi connectivity index (χ4n) is 3.81. The lowest BCUT2D eigenvalue weighted by Crippen LogP contribution is -2.48. The van der Waals surface area contributed by atoms with Crippen LogP contribution in [0.4, 0.5) is 0 Å². The van der Waals surface area contributed by atoms with Crippen molar-refractivity contribution in [2.24, 2.45) is 5.92 Å². The van der Waals surface area contributed by atoms with Crippen LogP contribution in [0.15, 0.2) is 24.3 Å². The normalized spacial score (nSPS) is 23.0. The maximum Gasteiger partial charge on any atom is 0.326 e. The number of carbonyl (C=O) groups excluding carboxylic acids is 4. The van der Waals surface area contributed by atoms with E-state index in [-0.39, 0.29) is 18.4 Å². The number of fused-ring (bicyclic) bond motifs is 1. The molecular formula is C21H26N2O5. The first-order chi connectivity index (χ1) is 13.4. The number of rotatable bonds is 5. The van der Waals surface area contributed by atoms with E-state index in [1.54, 1.807) is 24.3 Å². The second-order valence-corrected chi connectivity index (χ2v) is 7.63. The van der Waals surface area contributed by atoms with Crippen LogP contribution in [-0.2, 0) is 25.5 Å². The molecule has 2 aliphatic rings. The summed E-state index contributed by atoms with van der Waals surface area (Å²) >= 11 is 0. The number of carbonyl (C=O) groups is 4. The fraction of sp³-hybridized carbons (Fsp3) is 0.524. The minimum atomic E-state index is -0.982. The first-order valence-electron chi connectivity index (χ1n) is 9.79. The van der Waals surface area contributed by atoms with Crippen LogP contribution >= 0.6 is 0 Å². The molecule has 1 heterocycles. The summed E-state index contributed by atoms with van der Waals surface area (Å²) in [5.41, 5.74) is 1.06. The third-order valence-corrected chi connectivity index (χ3v) is 5.54. The standard InChI is InChI=1S/C21H26N2O5/c1-13-7-3-6-10-17(13)22-20(26)14(2)28-19(25)12-23-18(24)11-15-8-4-5-9-16(15)21(23)27/h4-5,8-9,13-14,17H,3,6-7,10-12H2,1-2H3,(H,22,26)/t13-,14+,17+/m0/s1. The van der Waals surface area contributed by atoms with Crippen molar-refractivity contribution in [3.63, 3.8) is 0 Å². The Morgan fingerprint density at radius 3 is 2.68 bits per heavy atom. The maximum atomic E-state index is 12.5. The molecule has 0 saturated heterocycles. The highest BCUT2D eigenvalue weighted by atomic mass is 16.5. The molecule has 0 bridgehead atoms. The highest BCUT2D eigenvalue weighted by Gasteiger charge is 2.33. The highest BCUT2D eigenvalue weighted by molar-refractivity contribution is 6.11. The van der Waals surface area contributed by atoms with Crippen LogP contribution in [0, 0.1) is 5.92 Å². The highest BCUT2D eigenvalue weighted by Crippen LogP contribution is 2.24. The Labute approximate surface area is 164 Å². The quantitative estimate of drug-likeness (QED) is 0.616. The average molecular weight is 386 g/mol. The number of hydrogen-bond donors (Lipinski definition) is 1. The van der Waals surface area contributed by atoms with E-state index in [2.05, 4.69) is 12.2 Å². The lowest BCUT2D eigenvalue weighted by atomic mass is 9.86. The van der Waals surface area contributed by atoms with Crippen LogP contribution in [0.1, 0.15) is 55.5 Å². The summed E-state index contributed by atoms with van der Waals surface area (Å²) in [5, 5.41) is 2.94. The van der Waals surface area contributed by atoms with Gasteiger partial charge in [0.15, 0.2) is 6.10 Å². The number of hydrogen-bond acceptors (Lipinski definition) is 5. The Bertz CT molecular complexity index is 791. The molecule has 1 aromatic rings. The van der Waals surface area contributed by atoms with Crippen molar-refractivity contribution in [1.29, 1.82) is 0 Å². The number of imide groups is 1. The van der Waals surface area contributed by atoms with E-state index in [1.165, 1.54) is 13.3 Å². The predicted octanol–water partition coefficient (Wildman–Crippen LogP) is 1.84. The fourth-order valence-corrected chi connectivity index (χ4v) is 3.81. The van der Waals surface area contributed by atoms with Crippen molar-refractivity contribution in [1.82, 2.24) is 10.2 Å². The Balaban J connectivity index is 1.55.